The lowest BCUT2D eigenvalue weighted by atomic mass is 10.1. The second kappa shape index (κ2) is 5.40. The summed E-state index contributed by atoms with van der Waals surface area (Å²) in [5.41, 5.74) is 1.84. The summed E-state index contributed by atoms with van der Waals surface area (Å²) in [6, 6.07) is 2.22. The normalized spacial score (nSPS) is 11.0. The van der Waals surface area contributed by atoms with Gasteiger partial charge in [-0.15, -0.1) is 0 Å². The molecule has 0 atom stereocenters. The zero-order chi connectivity index (χ0) is 15.6. The van der Waals surface area contributed by atoms with Crippen molar-refractivity contribution in [3.05, 3.63) is 23.7 Å². The summed E-state index contributed by atoms with van der Waals surface area (Å²) < 4.78 is 1.64. The van der Waals surface area contributed by atoms with E-state index in [0.717, 1.165) is 22.8 Å². The molecule has 0 spiro atoms. The quantitative estimate of drug-likeness (QED) is 0.895. The van der Waals surface area contributed by atoms with E-state index in [9.17, 15) is 5.26 Å². The van der Waals surface area contributed by atoms with Crippen LogP contribution in [0.2, 0.25) is 0 Å². The van der Waals surface area contributed by atoms with Crippen LogP contribution in [0.3, 0.4) is 0 Å². The summed E-state index contributed by atoms with van der Waals surface area (Å²) in [6.45, 7) is 7.43. The largest absolute Gasteiger partial charge is 0.373 e. The molecule has 0 fully saturated rings. The minimum absolute atomic E-state index is 0.488. The van der Waals surface area contributed by atoms with E-state index < -0.39 is 5.54 Å². The van der Waals surface area contributed by atoms with Crippen LogP contribution in [0.1, 0.15) is 25.1 Å². The van der Waals surface area contributed by atoms with Gasteiger partial charge < -0.3 is 10.6 Å². The van der Waals surface area contributed by atoms with Crippen molar-refractivity contribution in [2.24, 2.45) is 0 Å². The molecule has 0 unspecified atom stereocenters. The van der Waals surface area contributed by atoms with E-state index in [-0.39, 0.29) is 0 Å². The van der Waals surface area contributed by atoms with Crippen LogP contribution in [0.15, 0.2) is 12.4 Å². The van der Waals surface area contributed by atoms with Crippen LogP contribution in [-0.2, 0) is 5.54 Å². The minimum Gasteiger partial charge on any atom is -0.373 e. The molecule has 0 radical (unpaired) electrons. The maximum Gasteiger partial charge on any atom is 0.229 e. The van der Waals surface area contributed by atoms with E-state index in [1.54, 1.807) is 17.1 Å². The summed E-state index contributed by atoms with van der Waals surface area (Å²) >= 11 is 0. The van der Waals surface area contributed by atoms with Gasteiger partial charge in [0.2, 0.25) is 5.95 Å². The van der Waals surface area contributed by atoms with Crippen molar-refractivity contribution in [2.75, 3.05) is 17.7 Å². The maximum absolute atomic E-state index is 9.17. The molecule has 0 amide bonds. The lowest BCUT2D eigenvalue weighted by Crippen LogP contribution is -2.24. The molecule has 110 valence electrons. The third-order valence-electron chi connectivity index (χ3n) is 3.20. The Bertz CT molecular complexity index is 694. The predicted octanol–water partition coefficient (Wildman–Crippen LogP) is 2.33. The van der Waals surface area contributed by atoms with Gasteiger partial charge in [-0.3, -0.25) is 4.68 Å². The molecule has 0 aromatic carbocycles. The lowest BCUT2D eigenvalue weighted by Gasteiger charge is -2.15. The zero-order valence-electron chi connectivity index (χ0n) is 12.9. The molecule has 0 saturated heterocycles. The summed E-state index contributed by atoms with van der Waals surface area (Å²) in [5.74, 6) is 1.26. The molecular weight excluding hydrogens is 266 g/mol. The van der Waals surface area contributed by atoms with Crippen LogP contribution < -0.4 is 10.6 Å². The first-order valence-corrected chi connectivity index (χ1v) is 6.64. The molecule has 7 nitrogen and oxygen atoms in total. The first kappa shape index (κ1) is 14.8. The lowest BCUT2D eigenvalue weighted by molar-refractivity contribution is 0.416. The van der Waals surface area contributed by atoms with E-state index >= 15 is 0 Å². The molecular formula is C14H19N7. The summed E-state index contributed by atoms with van der Waals surface area (Å²) in [4.78, 5) is 8.63. The summed E-state index contributed by atoms with van der Waals surface area (Å²) in [7, 11) is 1.82. The van der Waals surface area contributed by atoms with Gasteiger partial charge in [-0.25, -0.2) is 4.98 Å². The Morgan fingerprint density at radius 2 is 2.05 bits per heavy atom. The number of hydrogen-bond acceptors (Lipinski definition) is 6. The molecule has 2 rings (SSSR count). The Morgan fingerprint density at radius 1 is 1.33 bits per heavy atom. The van der Waals surface area contributed by atoms with E-state index in [4.69, 9.17) is 0 Å². The number of aromatic nitrogens is 4. The van der Waals surface area contributed by atoms with Gasteiger partial charge in [-0.2, -0.15) is 15.3 Å². The van der Waals surface area contributed by atoms with E-state index in [1.165, 1.54) is 0 Å². The third kappa shape index (κ3) is 2.94. The van der Waals surface area contributed by atoms with Gasteiger partial charge in [0.1, 0.15) is 11.4 Å². The fourth-order valence-electron chi connectivity index (χ4n) is 1.80. The van der Waals surface area contributed by atoms with Gasteiger partial charge in [-0.05, 0) is 27.7 Å². The van der Waals surface area contributed by atoms with Crippen molar-refractivity contribution in [1.29, 1.82) is 5.26 Å². The average Bonchev–Trinajstić information content (AvgIpc) is 2.83. The maximum atomic E-state index is 9.17. The Morgan fingerprint density at radius 3 is 2.67 bits per heavy atom. The molecule has 2 aromatic heterocycles. The first-order chi connectivity index (χ1) is 9.87. The number of nitrogens with zero attached hydrogens (tertiary/aromatic N) is 5. The smallest absolute Gasteiger partial charge is 0.229 e. The number of anilines is 3. The highest BCUT2D eigenvalue weighted by Gasteiger charge is 2.21. The number of rotatable bonds is 4. The number of aryl methyl sites for hydroxylation is 2. The zero-order valence-corrected chi connectivity index (χ0v) is 12.9. The van der Waals surface area contributed by atoms with Gasteiger partial charge in [0.15, 0.2) is 0 Å². The molecule has 2 heterocycles. The van der Waals surface area contributed by atoms with Gasteiger partial charge >= 0.3 is 0 Å². The van der Waals surface area contributed by atoms with Crippen LogP contribution in [0.5, 0.6) is 0 Å². The topological polar surface area (TPSA) is 91.5 Å². The van der Waals surface area contributed by atoms with Crippen molar-refractivity contribution in [2.45, 2.75) is 33.2 Å². The van der Waals surface area contributed by atoms with Crippen LogP contribution >= 0.6 is 0 Å². The Balaban J connectivity index is 2.31. The van der Waals surface area contributed by atoms with Crippen LogP contribution in [0.4, 0.5) is 17.5 Å². The number of nitrogens with one attached hydrogen (secondary N) is 2. The third-order valence-corrected chi connectivity index (χ3v) is 3.20. The monoisotopic (exact) mass is 285 g/mol. The van der Waals surface area contributed by atoms with Crippen LogP contribution in [-0.4, -0.2) is 26.8 Å². The minimum atomic E-state index is -0.699. The van der Waals surface area contributed by atoms with Crippen LogP contribution in [0.25, 0.3) is 0 Å². The molecule has 2 aromatic rings. The fourth-order valence-corrected chi connectivity index (χ4v) is 1.80. The molecule has 2 N–H and O–H groups in total. The van der Waals surface area contributed by atoms with Gasteiger partial charge in [0, 0.05) is 18.8 Å². The molecule has 0 aliphatic heterocycles. The number of hydrogen-bond donors (Lipinski definition) is 2. The van der Waals surface area contributed by atoms with Crippen molar-refractivity contribution < 1.29 is 0 Å². The first-order valence-electron chi connectivity index (χ1n) is 6.64. The molecule has 0 aliphatic carbocycles. The molecule has 7 heteroatoms. The van der Waals surface area contributed by atoms with Crippen molar-refractivity contribution >= 4 is 17.5 Å². The van der Waals surface area contributed by atoms with E-state index in [0.29, 0.717) is 5.95 Å². The van der Waals surface area contributed by atoms with E-state index in [1.807, 2.05) is 34.7 Å². The summed E-state index contributed by atoms with van der Waals surface area (Å²) in [5, 5.41) is 19.7. The van der Waals surface area contributed by atoms with Gasteiger partial charge in [0.05, 0.1) is 23.6 Å². The van der Waals surface area contributed by atoms with E-state index in [2.05, 4.69) is 31.8 Å². The van der Waals surface area contributed by atoms with Crippen molar-refractivity contribution in [3.8, 4) is 6.07 Å². The highest BCUT2D eigenvalue weighted by Crippen LogP contribution is 2.22. The highest BCUT2D eigenvalue weighted by molar-refractivity contribution is 5.57. The molecule has 21 heavy (non-hydrogen) atoms. The van der Waals surface area contributed by atoms with Crippen LogP contribution in [0, 0.1) is 25.2 Å². The Hall–Kier alpha value is -2.62. The highest BCUT2D eigenvalue weighted by atomic mass is 15.3. The van der Waals surface area contributed by atoms with Crippen molar-refractivity contribution in [3.63, 3.8) is 0 Å². The Kier molecular flexibility index (Phi) is 3.80. The number of nitriles is 1. The predicted molar refractivity (Wildman–Crippen MR) is 81.5 cm³/mol. The van der Waals surface area contributed by atoms with Gasteiger partial charge in [0.25, 0.3) is 0 Å². The molecule has 0 aliphatic rings. The SMILES string of the molecule is CNc1nc(Nc2cn(C(C)(C)C#N)nc2C)ncc1C. The fraction of sp³-hybridized carbons (Fsp3) is 0.429. The van der Waals surface area contributed by atoms with Gasteiger partial charge in [-0.1, -0.05) is 0 Å². The second-order valence-electron chi connectivity index (χ2n) is 5.34. The average molecular weight is 285 g/mol. The van der Waals surface area contributed by atoms with Crippen molar-refractivity contribution in [1.82, 2.24) is 19.7 Å². The Labute approximate surface area is 124 Å². The standard InChI is InChI=1S/C14H19N7/c1-9-6-17-13(19-12(9)16-5)18-11-7-21(20-10(11)2)14(3,4)8-15/h6-7H,1-5H3,(H2,16,17,18,19). The molecule has 0 saturated carbocycles. The molecule has 0 bridgehead atoms. The second-order valence-corrected chi connectivity index (χ2v) is 5.34. The summed E-state index contributed by atoms with van der Waals surface area (Å²) in [6.07, 6.45) is 3.54.